The second-order valence-corrected chi connectivity index (χ2v) is 4.74. The molecule has 2 aromatic rings. The highest BCUT2D eigenvalue weighted by Gasteiger charge is 2.12. The van der Waals surface area contributed by atoms with Gasteiger partial charge in [-0.3, -0.25) is 14.9 Å². The molecule has 8 nitrogen and oxygen atoms in total. The van der Waals surface area contributed by atoms with Crippen LogP contribution in [0.1, 0.15) is 10.4 Å². The van der Waals surface area contributed by atoms with E-state index in [4.69, 9.17) is 4.74 Å². The minimum atomic E-state index is -0.436. The maximum Gasteiger partial charge on any atom is 0.336 e. The molecule has 0 spiro atoms. The number of halogens is 1. The lowest BCUT2D eigenvalue weighted by Crippen LogP contribution is -2.33. The first-order valence-corrected chi connectivity index (χ1v) is 6.68. The Hall–Kier alpha value is -2.42. The number of nitrogens with one attached hydrogen (secondary N) is 3. The first kappa shape index (κ1) is 15.0. The van der Waals surface area contributed by atoms with E-state index in [-0.39, 0.29) is 24.4 Å². The lowest BCUT2D eigenvalue weighted by atomic mass is 10.2. The SMILES string of the molecule is COc1n[nH]c(NC(=O)CNC(=O)c2ccccc2Br)n1. The van der Waals surface area contributed by atoms with Gasteiger partial charge >= 0.3 is 6.01 Å². The smallest absolute Gasteiger partial charge is 0.336 e. The highest BCUT2D eigenvalue weighted by Crippen LogP contribution is 2.15. The zero-order chi connectivity index (χ0) is 15.2. The van der Waals surface area contributed by atoms with Gasteiger partial charge in [0.2, 0.25) is 11.9 Å². The third kappa shape index (κ3) is 4.02. The second kappa shape index (κ2) is 6.84. The quantitative estimate of drug-likeness (QED) is 0.741. The molecule has 0 aliphatic rings. The summed E-state index contributed by atoms with van der Waals surface area (Å²) < 4.78 is 5.42. The average molecular weight is 354 g/mol. The van der Waals surface area contributed by atoms with Gasteiger partial charge in [-0.05, 0) is 28.1 Å². The summed E-state index contributed by atoms with van der Waals surface area (Å²) in [5.41, 5.74) is 0.451. The summed E-state index contributed by atoms with van der Waals surface area (Å²) in [5.74, 6) is -0.644. The summed E-state index contributed by atoms with van der Waals surface area (Å²) in [4.78, 5) is 27.4. The normalized spacial score (nSPS) is 10.0. The maximum absolute atomic E-state index is 11.9. The van der Waals surface area contributed by atoms with Crippen LogP contribution in [0.3, 0.4) is 0 Å². The van der Waals surface area contributed by atoms with E-state index < -0.39 is 5.91 Å². The van der Waals surface area contributed by atoms with Crippen molar-refractivity contribution in [3.05, 3.63) is 34.3 Å². The molecule has 0 bridgehead atoms. The largest absolute Gasteiger partial charge is 0.466 e. The number of H-pyrrole nitrogens is 1. The highest BCUT2D eigenvalue weighted by molar-refractivity contribution is 9.10. The molecule has 2 rings (SSSR count). The van der Waals surface area contributed by atoms with E-state index in [2.05, 4.69) is 41.7 Å². The van der Waals surface area contributed by atoms with Crippen molar-refractivity contribution < 1.29 is 14.3 Å². The monoisotopic (exact) mass is 353 g/mol. The Morgan fingerprint density at radius 3 is 2.81 bits per heavy atom. The molecule has 110 valence electrons. The number of hydrogen-bond acceptors (Lipinski definition) is 5. The van der Waals surface area contributed by atoms with Gasteiger partial charge in [0.05, 0.1) is 19.2 Å². The number of hydrogen-bond donors (Lipinski definition) is 3. The molecular formula is C12H12BrN5O3. The minimum Gasteiger partial charge on any atom is -0.466 e. The number of carbonyl (C=O) groups excluding carboxylic acids is 2. The summed E-state index contributed by atoms with van der Waals surface area (Å²) in [5, 5.41) is 11.1. The predicted octanol–water partition coefficient (Wildman–Crippen LogP) is 0.944. The van der Waals surface area contributed by atoms with Crippen molar-refractivity contribution in [2.24, 2.45) is 0 Å². The molecular weight excluding hydrogens is 342 g/mol. The third-order valence-corrected chi connectivity index (χ3v) is 3.12. The number of nitrogens with zero attached hydrogens (tertiary/aromatic N) is 2. The van der Waals surface area contributed by atoms with Crippen molar-refractivity contribution in [2.75, 3.05) is 19.0 Å². The number of amides is 2. The molecule has 0 fully saturated rings. The van der Waals surface area contributed by atoms with E-state index in [0.717, 1.165) is 0 Å². The van der Waals surface area contributed by atoms with Crippen molar-refractivity contribution in [2.45, 2.75) is 0 Å². The van der Waals surface area contributed by atoms with Crippen molar-refractivity contribution >= 4 is 33.7 Å². The summed E-state index contributed by atoms with van der Waals surface area (Å²) in [6.45, 7) is -0.191. The molecule has 0 unspecified atom stereocenters. The Morgan fingerprint density at radius 1 is 1.38 bits per heavy atom. The summed E-state index contributed by atoms with van der Waals surface area (Å²) in [7, 11) is 1.41. The molecule has 0 aliphatic heterocycles. The van der Waals surface area contributed by atoms with Gasteiger partial charge in [0.15, 0.2) is 0 Å². The zero-order valence-electron chi connectivity index (χ0n) is 11.0. The number of rotatable bonds is 5. The van der Waals surface area contributed by atoms with E-state index in [1.165, 1.54) is 7.11 Å². The van der Waals surface area contributed by atoms with Gasteiger partial charge in [0, 0.05) is 4.47 Å². The lowest BCUT2D eigenvalue weighted by molar-refractivity contribution is -0.115. The Balaban J connectivity index is 1.86. The van der Waals surface area contributed by atoms with E-state index in [9.17, 15) is 9.59 Å². The van der Waals surface area contributed by atoms with Crippen molar-refractivity contribution in [3.8, 4) is 6.01 Å². The minimum absolute atomic E-state index is 0.113. The van der Waals surface area contributed by atoms with Gasteiger partial charge in [-0.25, -0.2) is 5.10 Å². The number of anilines is 1. The van der Waals surface area contributed by atoms with Crippen LogP contribution >= 0.6 is 15.9 Å². The predicted molar refractivity (Wildman–Crippen MR) is 78.0 cm³/mol. The molecule has 0 atom stereocenters. The van der Waals surface area contributed by atoms with Crippen LogP contribution in [-0.2, 0) is 4.79 Å². The molecule has 0 aliphatic carbocycles. The van der Waals surface area contributed by atoms with Gasteiger partial charge in [-0.2, -0.15) is 4.98 Å². The highest BCUT2D eigenvalue weighted by atomic mass is 79.9. The molecule has 1 aromatic carbocycles. The molecule has 1 aromatic heterocycles. The molecule has 0 saturated carbocycles. The first-order chi connectivity index (χ1) is 10.1. The summed E-state index contributed by atoms with van der Waals surface area (Å²) >= 11 is 3.27. The van der Waals surface area contributed by atoms with Crippen LogP contribution in [0.4, 0.5) is 5.95 Å². The fourth-order valence-corrected chi connectivity index (χ4v) is 1.94. The molecule has 1 heterocycles. The number of aromatic nitrogens is 3. The number of ether oxygens (including phenoxy) is 1. The Labute approximate surface area is 128 Å². The van der Waals surface area contributed by atoms with E-state index in [1.54, 1.807) is 24.3 Å². The van der Waals surface area contributed by atoms with Gasteiger partial charge < -0.3 is 10.1 Å². The van der Waals surface area contributed by atoms with E-state index >= 15 is 0 Å². The maximum atomic E-state index is 11.9. The number of methoxy groups -OCH3 is 1. The Morgan fingerprint density at radius 2 is 2.14 bits per heavy atom. The fraction of sp³-hybridized carbons (Fsp3) is 0.167. The van der Waals surface area contributed by atoms with Crippen LogP contribution in [0.15, 0.2) is 28.7 Å². The van der Waals surface area contributed by atoms with Crippen LogP contribution in [0, 0.1) is 0 Å². The molecule has 3 N–H and O–H groups in total. The van der Waals surface area contributed by atoms with Gasteiger partial charge in [0.1, 0.15) is 0 Å². The lowest BCUT2D eigenvalue weighted by Gasteiger charge is -2.06. The third-order valence-electron chi connectivity index (χ3n) is 2.43. The van der Waals surface area contributed by atoms with Crippen LogP contribution < -0.4 is 15.4 Å². The molecule has 2 amide bonds. The zero-order valence-corrected chi connectivity index (χ0v) is 12.6. The average Bonchev–Trinajstić information content (AvgIpc) is 2.93. The van der Waals surface area contributed by atoms with Crippen LogP contribution in [0.5, 0.6) is 6.01 Å². The van der Waals surface area contributed by atoms with Gasteiger partial charge in [-0.15, -0.1) is 5.10 Å². The van der Waals surface area contributed by atoms with E-state index in [0.29, 0.717) is 10.0 Å². The van der Waals surface area contributed by atoms with E-state index in [1.807, 2.05) is 0 Å². The van der Waals surface area contributed by atoms with Crippen LogP contribution in [0.25, 0.3) is 0 Å². The van der Waals surface area contributed by atoms with Gasteiger partial charge in [0.25, 0.3) is 5.91 Å². The Kier molecular flexibility index (Phi) is 4.88. The van der Waals surface area contributed by atoms with Crippen molar-refractivity contribution in [3.63, 3.8) is 0 Å². The molecule has 9 heteroatoms. The van der Waals surface area contributed by atoms with Gasteiger partial charge in [-0.1, -0.05) is 12.1 Å². The summed E-state index contributed by atoms with van der Waals surface area (Å²) in [6.07, 6.45) is 0. The number of benzene rings is 1. The molecule has 0 saturated heterocycles. The van der Waals surface area contributed by atoms with Crippen LogP contribution in [-0.4, -0.2) is 40.7 Å². The topological polar surface area (TPSA) is 109 Å². The fourth-order valence-electron chi connectivity index (χ4n) is 1.47. The second-order valence-electron chi connectivity index (χ2n) is 3.88. The van der Waals surface area contributed by atoms with Crippen LogP contribution in [0.2, 0.25) is 0 Å². The standard InChI is InChI=1S/C12H12BrN5O3/c1-21-12-16-11(17-18-12)15-9(19)6-14-10(20)7-4-2-3-5-8(7)13/h2-5H,6H2,1H3,(H,14,20)(H2,15,16,17,18,19). The van der Waals surface area contributed by atoms with Crippen molar-refractivity contribution in [1.29, 1.82) is 0 Å². The molecule has 0 radical (unpaired) electrons. The first-order valence-electron chi connectivity index (χ1n) is 5.89. The molecule has 21 heavy (non-hydrogen) atoms. The van der Waals surface area contributed by atoms with Crippen molar-refractivity contribution in [1.82, 2.24) is 20.5 Å². The number of carbonyl (C=O) groups is 2. The number of aromatic amines is 1. The summed E-state index contributed by atoms with van der Waals surface area (Å²) in [6, 6.07) is 7.04. The Bertz CT molecular complexity index is 658.